The van der Waals surface area contributed by atoms with Gasteiger partial charge < -0.3 is 10.6 Å². The van der Waals surface area contributed by atoms with Gasteiger partial charge in [0, 0.05) is 19.0 Å². The van der Waals surface area contributed by atoms with E-state index in [-0.39, 0.29) is 5.91 Å². The summed E-state index contributed by atoms with van der Waals surface area (Å²) in [6.45, 7) is 2.90. The summed E-state index contributed by atoms with van der Waals surface area (Å²) in [5, 5.41) is 6.06. The van der Waals surface area contributed by atoms with Crippen LogP contribution in [0, 0.1) is 5.92 Å². The molecule has 0 saturated heterocycles. The number of amides is 1. The van der Waals surface area contributed by atoms with E-state index in [1.807, 2.05) is 7.05 Å². The van der Waals surface area contributed by atoms with Gasteiger partial charge in [-0.05, 0) is 32.7 Å². The van der Waals surface area contributed by atoms with Crippen LogP contribution in [0.2, 0.25) is 0 Å². The van der Waals surface area contributed by atoms with Gasteiger partial charge in [0.2, 0.25) is 5.91 Å². The summed E-state index contributed by atoms with van der Waals surface area (Å²) >= 11 is 0. The van der Waals surface area contributed by atoms with Crippen molar-refractivity contribution in [3.63, 3.8) is 0 Å². The SMILES string of the molecule is CNCCC(=O)N[C@H](C)C1CCCC1. The zero-order chi connectivity index (χ0) is 10.4. The average Bonchev–Trinajstić information content (AvgIpc) is 2.67. The summed E-state index contributed by atoms with van der Waals surface area (Å²) in [7, 11) is 1.87. The molecule has 1 atom stereocenters. The molecule has 1 amide bonds. The Hall–Kier alpha value is -0.570. The molecule has 0 spiro atoms. The maximum atomic E-state index is 11.4. The van der Waals surface area contributed by atoms with Gasteiger partial charge in [-0.1, -0.05) is 12.8 Å². The quantitative estimate of drug-likeness (QED) is 0.699. The molecular weight excluding hydrogens is 176 g/mol. The van der Waals surface area contributed by atoms with E-state index >= 15 is 0 Å². The van der Waals surface area contributed by atoms with E-state index in [9.17, 15) is 4.79 Å². The first-order chi connectivity index (χ1) is 6.74. The topological polar surface area (TPSA) is 41.1 Å². The van der Waals surface area contributed by atoms with Gasteiger partial charge in [-0.2, -0.15) is 0 Å². The Morgan fingerprint density at radius 1 is 1.43 bits per heavy atom. The molecule has 1 aliphatic rings. The second kappa shape index (κ2) is 6.02. The highest BCUT2D eigenvalue weighted by molar-refractivity contribution is 5.76. The van der Waals surface area contributed by atoms with Crippen LogP contribution in [0.1, 0.15) is 39.0 Å². The zero-order valence-electron chi connectivity index (χ0n) is 9.31. The fourth-order valence-corrected chi connectivity index (χ4v) is 2.14. The second-order valence-electron chi connectivity index (χ2n) is 4.25. The molecule has 1 aliphatic carbocycles. The Labute approximate surface area is 86.6 Å². The van der Waals surface area contributed by atoms with Crippen molar-refractivity contribution in [1.29, 1.82) is 0 Å². The molecule has 14 heavy (non-hydrogen) atoms. The Morgan fingerprint density at radius 3 is 2.64 bits per heavy atom. The van der Waals surface area contributed by atoms with E-state index in [2.05, 4.69) is 17.6 Å². The normalized spacial score (nSPS) is 19.6. The van der Waals surface area contributed by atoms with Crippen molar-refractivity contribution in [2.24, 2.45) is 5.92 Å². The summed E-state index contributed by atoms with van der Waals surface area (Å²) in [6, 6.07) is 0.363. The van der Waals surface area contributed by atoms with Crippen LogP contribution in [0.3, 0.4) is 0 Å². The van der Waals surface area contributed by atoms with E-state index in [4.69, 9.17) is 0 Å². The minimum atomic E-state index is 0.179. The van der Waals surface area contributed by atoms with E-state index in [1.54, 1.807) is 0 Å². The van der Waals surface area contributed by atoms with Gasteiger partial charge >= 0.3 is 0 Å². The Morgan fingerprint density at radius 2 is 2.07 bits per heavy atom. The summed E-state index contributed by atoms with van der Waals surface area (Å²) in [4.78, 5) is 11.4. The van der Waals surface area contributed by atoms with Crippen LogP contribution in [-0.4, -0.2) is 25.5 Å². The van der Waals surface area contributed by atoms with Gasteiger partial charge in [-0.25, -0.2) is 0 Å². The minimum Gasteiger partial charge on any atom is -0.353 e. The van der Waals surface area contributed by atoms with Crippen molar-refractivity contribution in [3.05, 3.63) is 0 Å². The number of nitrogens with one attached hydrogen (secondary N) is 2. The number of rotatable bonds is 5. The molecule has 1 saturated carbocycles. The molecular formula is C11H22N2O. The molecule has 0 unspecified atom stereocenters. The molecule has 0 radical (unpaired) electrons. The molecule has 1 fully saturated rings. The highest BCUT2D eigenvalue weighted by Crippen LogP contribution is 2.27. The number of hydrogen-bond acceptors (Lipinski definition) is 2. The van der Waals surface area contributed by atoms with Crippen molar-refractivity contribution < 1.29 is 4.79 Å². The maximum absolute atomic E-state index is 11.4. The van der Waals surface area contributed by atoms with Crippen molar-refractivity contribution in [2.45, 2.75) is 45.1 Å². The second-order valence-corrected chi connectivity index (χ2v) is 4.25. The first-order valence-corrected chi connectivity index (χ1v) is 5.68. The van der Waals surface area contributed by atoms with Crippen LogP contribution >= 0.6 is 0 Å². The number of hydrogen-bond donors (Lipinski definition) is 2. The summed E-state index contributed by atoms with van der Waals surface area (Å²) < 4.78 is 0. The lowest BCUT2D eigenvalue weighted by Crippen LogP contribution is -2.38. The van der Waals surface area contributed by atoms with Crippen molar-refractivity contribution in [1.82, 2.24) is 10.6 Å². The van der Waals surface area contributed by atoms with Crippen molar-refractivity contribution in [2.75, 3.05) is 13.6 Å². The lowest BCUT2D eigenvalue weighted by Gasteiger charge is -2.20. The first kappa shape index (κ1) is 11.5. The van der Waals surface area contributed by atoms with Crippen LogP contribution in [0.25, 0.3) is 0 Å². The lowest BCUT2D eigenvalue weighted by molar-refractivity contribution is -0.121. The minimum absolute atomic E-state index is 0.179. The predicted octanol–water partition coefficient (Wildman–Crippen LogP) is 1.29. The Kier molecular flexibility index (Phi) is 4.94. The molecule has 3 nitrogen and oxygen atoms in total. The third-order valence-corrected chi connectivity index (χ3v) is 3.10. The zero-order valence-corrected chi connectivity index (χ0v) is 9.31. The van der Waals surface area contributed by atoms with Crippen LogP contribution in [0.4, 0.5) is 0 Å². The highest BCUT2D eigenvalue weighted by atomic mass is 16.1. The van der Waals surface area contributed by atoms with Gasteiger partial charge in [0.15, 0.2) is 0 Å². The van der Waals surface area contributed by atoms with Crippen LogP contribution < -0.4 is 10.6 Å². The van der Waals surface area contributed by atoms with Crippen LogP contribution in [0.15, 0.2) is 0 Å². The molecule has 2 N–H and O–H groups in total. The van der Waals surface area contributed by atoms with Gasteiger partial charge in [0.05, 0.1) is 0 Å². The third kappa shape index (κ3) is 3.66. The standard InChI is InChI=1S/C11H22N2O/c1-9(10-5-3-4-6-10)13-11(14)7-8-12-2/h9-10,12H,3-8H2,1-2H3,(H,13,14)/t9-/m1/s1. The van der Waals surface area contributed by atoms with Crippen molar-refractivity contribution >= 4 is 5.91 Å². The smallest absolute Gasteiger partial charge is 0.221 e. The first-order valence-electron chi connectivity index (χ1n) is 5.68. The highest BCUT2D eigenvalue weighted by Gasteiger charge is 2.22. The molecule has 0 heterocycles. The summed E-state index contributed by atoms with van der Waals surface area (Å²) in [5.74, 6) is 0.896. The number of carbonyl (C=O) groups is 1. The monoisotopic (exact) mass is 198 g/mol. The fourth-order valence-electron chi connectivity index (χ4n) is 2.14. The van der Waals surface area contributed by atoms with Crippen LogP contribution in [0.5, 0.6) is 0 Å². The predicted molar refractivity (Wildman–Crippen MR) is 58.1 cm³/mol. The third-order valence-electron chi connectivity index (χ3n) is 3.10. The Balaban J connectivity index is 2.18. The fraction of sp³-hybridized carbons (Fsp3) is 0.909. The Bertz CT molecular complexity index is 176. The molecule has 3 heteroatoms. The van der Waals surface area contributed by atoms with E-state index in [0.29, 0.717) is 18.4 Å². The summed E-state index contributed by atoms with van der Waals surface area (Å²) in [6.07, 6.45) is 5.83. The largest absolute Gasteiger partial charge is 0.353 e. The van der Waals surface area contributed by atoms with Gasteiger partial charge in [0.25, 0.3) is 0 Å². The van der Waals surface area contributed by atoms with E-state index < -0.39 is 0 Å². The van der Waals surface area contributed by atoms with Gasteiger partial charge in [-0.3, -0.25) is 4.79 Å². The number of carbonyl (C=O) groups excluding carboxylic acids is 1. The molecule has 1 rings (SSSR count). The molecule has 0 aromatic rings. The average molecular weight is 198 g/mol. The molecule has 0 bridgehead atoms. The van der Waals surface area contributed by atoms with Gasteiger partial charge in [-0.15, -0.1) is 0 Å². The van der Waals surface area contributed by atoms with E-state index in [0.717, 1.165) is 6.54 Å². The molecule has 0 aromatic heterocycles. The van der Waals surface area contributed by atoms with E-state index in [1.165, 1.54) is 25.7 Å². The van der Waals surface area contributed by atoms with Gasteiger partial charge in [0.1, 0.15) is 0 Å². The lowest BCUT2D eigenvalue weighted by atomic mass is 10.00. The van der Waals surface area contributed by atoms with Crippen LogP contribution in [-0.2, 0) is 4.79 Å². The molecule has 82 valence electrons. The molecule has 0 aromatic carbocycles. The van der Waals surface area contributed by atoms with Crippen molar-refractivity contribution in [3.8, 4) is 0 Å². The summed E-state index contributed by atoms with van der Waals surface area (Å²) in [5.41, 5.74) is 0. The maximum Gasteiger partial charge on any atom is 0.221 e. The molecule has 0 aliphatic heterocycles.